The van der Waals surface area contributed by atoms with Crippen LogP contribution in [0.5, 0.6) is 0 Å². The van der Waals surface area contributed by atoms with Gasteiger partial charge in [0.2, 0.25) is 0 Å². The van der Waals surface area contributed by atoms with Crippen LogP contribution in [0.2, 0.25) is 0 Å². The lowest BCUT2D eigenvalue weighted by atomic mass is 9.80. The van der Waals surface area contributed by atoms with Crippen LogP contribution in [0.3, 0.4) is 0 Å². The van der Waals surface area contributed by atoms with E-state index in [0.717, 1.165) is 17.9 Å². The van der Waals surface area contributed by atoms with Crippen molar-refractivity contribution in [3.8, 4) is 0 Å². The van der Waals surface area contributed by atoms with E-state index < -0.39 is 24.5 Å². The molecule has 1 aliphatic heterocycles. The number of allylic oxidation sites excluding steroid dienone is 3. The maximum Gasteiger partial charge on any atom is 0.331 e. The molecule has 0 saturated carbocycles. The van der Waals surface area contributed by atoms with E-state index in [-0.39, 0.29) is 12.0 Å². The van der Waals surface area contributed by atoms with Crippen LogP contribution in [-0.4, -0.2) is 28.3 Å². The predicted octanol–water partition coefficient (Wildman–Crippen LogP) is 5.94. The number of carboxylic acid groups (broad SMARTS) is 2. The van der Waals surface area contributed by atoms with Crippen molar-refractivity contribution in [2.75, 3.05) is 6.16 Å². The Hall–Kier alpha value is -3.17. The van der Waals surface area contributed by atoms with Gasteiger partial charge in [-0.1, -0.05) is 78.9 Å². The van der Waals surface area contributed by atoms with Crippen molar-refractivity contribution in [3.63, 3.8) is 0 Å². The fourth-order valence-electron chi connectivity index (χ4n) is 3.33. The molecule has 1 aliphatic carbocycles. The molecule has 4 rings (SSSR count). The zero-order chi connectivity index (χ0) is 24.5. The molecule has 2 aromatic rings. The van der Waals surface area contributed by atoms with Crippen LogP contribution in [-0.2, 0) is 14.2 Å². The Morgan fingerprint density at radius 2 is 1.52 bits per heavy atom. The third-order valence-electron chi connectivity index (χ3n) is 5.68. The van der Waals surface area contributed by atoms with Gasteiger partial charge in [0.25, 0.3) is 0 Å². The number of carbonyl (C=O) groups is 2. The molecular weight excluding hydrogens is 435 g/mol. The monoisotopic (exact) mass is 466 g/mol. The zero-order valence-corrected chi connectivity index (χ0v) is 20.2. The van der Waals surface area contributed by atoms with Crippen LogP contribution in [0, 0.1) is 19.3 Å². The zero-order valence-electron chi connectivity index (χ0n) is 19.3. The van der Waals surface area contributed by atoms with E-state index >= 15 is 0 Å². The summed E-state index contributed by atoms with van der Waals surface area (Å²) in [5, 5.41) is 18.5. The van der Waals surface area contributed by atoms with Crippen molar-refractivity contribution >= 4 is 24.4 Å². The Labute approximate surface area is 195 Å². The molecule has 2 N–H and O–H groups in total. The van der Waals surface area contributed by atoms with Crippen molar-refractivity contribution in [1.29, 1.82) is 0 Å². The first-order chi connectivity index (χ1) is 15.6. The lowest BCUT2D eigenvalue weighted by Crippen LogP contribution is -2.28. The third kappa shape index (κ3) is 7.44. The lowest BCUT2D eigenvalue weighted by Gasteiger charge is -2.23. The van der Waals surface area contributed by atoms with Gasteiger partial charge in [0.1, 0.15) is 7.14 Å². The van der Waals surface area contributed by atoms with Gasteiger partial charge >= 0.3 is 11.9 Å². The minimum atomic E-state index is -2.10. The van der Waals surface area contributed by atoms with Crippen molar-refractivity contribution in [1.82, 2.24) is 0 Å². The van der Waals surface area contributed by atoms with Crippen LogP contribution in [0.15, 0.2) is 90.3 Å². The molecule has 0 bridgehead atoms. The van der Waals surface area contributed by atoms with Crippen LogP contribution in [0.1, 0.15) is 30.9 Å². The highest BCUT2D eigenvalue weighted by molar-refractivity contribution is 7.74. The molecule has 2 atom stereocenters. The van der Waals surface area contributed by atoms with Crippen molar-refractivity contribution in [2.24, 2.45) is 5.41 Å². The minimum absolute atomic E-state index is 0.0359. The first-order valence-corrected chi connectivity index (χ1v) is 12.7. The van der Waals surface area contributed by atoms with Crippen molar-refractivity contribution < 1.29 is 24.4 Å². The van der Waals surface area contributed by atoms with Crippen LogP contribution in [0.25, 0.3) is 0 Å². The quantitative estimate of drug-likeness (QED) is 0.546. The Balaban J connectivity index is 0.000000180. The van der Waals surface area contributed by atoms with Gasteiger partial charge in [0.15, 0.2) is 0 Å². The second-order valence-electron chi connectivity index (χ2n) is 8.37. The van der Waals surface area contributed by atoms with Gasteiger partial charge in [-0.25, -0.2) is 4.79 Å². The number of rotatable bonds is 3. The summed E-state index contributed by atoms with van der Waals surface area (Å²) >= 11 is 0. The van der Waals surface area contributed by atoms with Gasteiger partial charge in [0.05, 0.1) is 5.41 Å². The molecule has 33 heavy (non-hydrogen) atoms. The highest BCUT2D eigenvalue weighted by Gasteiger charge is 2.34. The average Bonchev–Trinajstić information content (AvgIpc) is 3.25. The predicted molar refractivity (Wildman–Crippen MR) is 133 cm³/mol. The highest BCUT2D eigenvalue weighted by atomic mass is 31.2. The maximum absolute atomic E-state index is 12.1. The second kappa shape index (κ2) is 11.6. The molecule has 5 nitrogen and oxygen atoms in total. The topological polar surface area (TPSA) is 91.7 Å². The van der Waals surface area contributed by atoms with Crippen LogP contribution in [0.4, 0.5) is 0 Å². The fourth-order valence-corrected chi connectivity index (χ4v) is 5.61. The van der Waals surface area contributed by atoms with Gasteiger partial charge in [-0.2, -0.15) is 0 Å². The number of aliphatic carboxylic acids is 2. The summed E-state index contributed by atoms with van der Waals surface area (Å²) in [6.07, 6.45) is 8.24. The molecule has 2 unspecified atom stereocenters. The van der Waals surface area contributed by atoms with Gasteiger partial charge in [0, 0.05) is 17.0 Å². The van der Waals surface area contributed by atoms with Crippen molar-refractivity contribution in [2.45, 2.75) is 33.6 Å². The highest BCUT2D eigenvalue weighted by Crippen LogP contribution is 2.50. The lowest BCUT2D eigenvalue weighted by molar-refractivity contribution is -0.145. The number of carboxylic acids is 2. The summed E-state index contributed by atoms with van der Waals surface area (Å²) in [7, 11) is -2.10. The summed E-state index contributed by atoms with van der Waals surface area (Å²) in [6.45, 7) is 5.74. The van der Waals surface area contributed by atoms with E-state index in [1.54, 1.807) is 0 Å². The number of hydrogen-bond donors (Lipinski definition) is 2. The van der Waals surface area contributed by atoms with Gasteiger partial charge in [-0.3, -0.25) is 4.79 Å². The molecule has 0 saturated heterocycles. The summed E-state index contributed by atoms with van der Waals surface area (Å²) in [5.41, 5.74) is 1.79. The number of benzene rings is 2. The first kappa shape index (κ1) is 26.1. The SMILES string of the molecule is CC1(C(=O)O)C=CC=C(C(=O)O)C1.Cc1ccccc1C.O=P1(c2ccccc2)C=CCC1. The molecule has 0 radical (unpaired) electrons. The first-order valence-electron chi connectivity index (χ1n) is 10.8. The number of hydrogen-bond acceptors (Lipinski definition) is 3. The van der Waals surface area contributed by atoms with E-state index in [0.29, 0.717) is 0 Å². The fraction of sp³-hybridized carbons (Fsp3) is 0.259. The maximum atomic E-state index is 12.1. The van der Waals surface area contributed by atoms with E-state index in [1.165, 1.54) is 36.3 Å². The normalized spacial score (nSPS) is 22.8. The molecule has 0 spiro atoms. The molecule has 2 aliphatic rings. The Morgan fingerprint density at radius 3 is 1.97 bits per heavy atom. The molecule has 0 fully saturated rings. The minimum Gasteiger partial charge on any atom is -0.481 e. The molecule has 6 heteroatoms. The van der Waals surface area contributed by atoms with Gasteiger partial charge in [-0.15, -0.1) is 0 Å². The molecule has 1 heterocycles. The number of aryl methyl sites for hydroxylation is 2. The third-order valence-corrected chi connectivity index (χ3v) is 8.46. The smallest absolute Gasteiger partial charge is 0.331 e. The molecular formula is C27H31O5P. The van der Waals surface area contributed by atoms with Gasteiger partial charge < -0.3 is 14.8 Å². The van der Waals surface area contributed by atoms with E-state index in [1.807, 2.05) is 42.2 Å². The van der Waals surface area contributed by atoms with Gasteiger partial charge in [-0.05, 0) is 50.6 Å². The van der Waals surface area contributed by atoms with Crippen LogP contribution >= 0.6 is 7.14 Å². The van der Waals surface area contributed by atoms with E-state index in [9.17, 15) is 14.2 Å². The molecule has 0 aromatic heterocycles. The van der Waals surface area contributed by atoms with Crippen LogP contribution < -0.4 is 5.30 Å². The summed E-state index contributed by atoms with van der Waals surface area (Å²) in [4.78, 5) is 21.3. The van der Waals surface area contributed by atoms with E-state index in [2.05, 4.69) is 38.1 Å². The Morgan fingerprint density at radius 1 is 0.939 bits per heavy atom. The molecule has 174 valence electrons. The summed E-state index contributed by atoms with van der Waals surface area (Å²) in [6, 6.07) is 18.1. The summed E-state index contributed by atoms with van der Waals surface area (Å²) < 4.78 is 12.1. The Kier molecular flexibility index (Phi) is 9.19. The largest absolute Gasteiger partial charge is 0.481 e. The molecule has 0 amide bonds. The van der Waals surface area contributed by atoms with E-state index in [4.69, 9.17) is 10.2 Å². The standard InChI is InChI=1S/C10H11OP.C9H10O4.C8H10/c11-12(8-4-5-9-12)10-6-2-1-3-7-10;1-9(8(12)13)4-2-3-6(5-9)7(10)11;1-7-5-3-4-6-8(7)2/h1-4,6-8H,5,9H2;2-4H,5H2,1H3,(H,10,11)(H,12,13);3-6H,1-2H3. The average molecular weight is 467 g/mol. The summed E-state index contributed by atoms with van der Waals surface area (Å²) in [5.74, 6) is -0.171. The van der Waals surface area contributed by atoms with Crippen molar-refractivity contribution in [3.05, 3.63) is 101 Å². The molecule has 2 aromatic carbocycles. The Bertz CT molecular complexity index is 1090. The second-order valence-corrected chi connectivity index (χ2v) is 11.2.